The first-order valence-electron chi connectivity index (χ1n) is 4.71. The van der Waals surface area contributed by atoms with Gasteiger partial charge in [-0.1, -0.05) is 0 Å². The van der Waals surface area contributed by atoms with E-state index in [2.05, 4.69) is 27.9 Å². The van der Waals surface area contributed by atoms with Gasteiger partial charge in [-0.05, 0) is 60.7 Å². The van der Waals surface area contributed by atoms with E-state index in [9.17, 15) is 4.79 Å². The van der Waals surface area contributed by atoms with Gasteiger partial charge in [0.05, 0.1) is 5.38 Å². The number of carbonyl (C=O) groups excluding carboxylic acids is 1. The molecular weight excluding hydrogens is 324 g/mol. The fraction of sp³-hybridized carbons (Fsp3) is 0.364. The van der Waals surface area contributed by atoms with Crippen LogP contribution in [0.25, 0.3) is 0 Å². The number of alkyl halides is 1. The van der Waals surface area contributed by atoms with Crippen molar-refractivity contribution < 1.29 is 4.79 Å². The van der Waals surface area contributed by atoms with Gasteiger partial charge in [-0.15, -0.1) is 11.6 Å². The highest BCUT2D eigenvalue weighted by Gasteiger charge is 2.13. The summed E-state index contributed by atoms with van der Waals surface area (Å²) in [7, 11) is 0. The zero-order valence-corrected chi connectivity index (χ0v) is 11.5. The quantitative estimate of drug-likeness (QED) is 0.667. The van der Waals surface area contributed by atoms with E-state index in [1.54, 1.807) is 0 Å². The minimum atomic E-state index is -0.0774. The summed E-state index contributed by atoms with van der Waals surface area (Å²) in [4.78, 5) is 11.7. The van der Waals surface area contributed by atoms with Crippen molar-refractivity contribution in [2.45, 2.75) is 25.3 Å². The first-order chi connectivity index (χ1) is 7.00. The summed E-state index contributed by atoms with van der Waals surface area (Å²) in [6, 6.07) is 7.40. The summed E-state index contributed by atoms with van der Waals surface area (Å²) in [5.41, 5.74) is 0.666. The smallest absolute Gasteiger partial charge is 0.251 e. The van der Waals surface area contributed by atoms with Crippen molar-refractivity contribution in [2.24, 2.45) is 0 Å². The molecule has 0 fully saturated rings. The van der Waals surface area contributed by atoms with E-state index in [0.717, 1.165) is 3.57 Å². The zero-order chi connectivity index (χ0) is 11.4. The lowest BCUT2D eigenvalue weighted by Crippen LogP contribution is -2.37. The molecule has 0 saturated heterocycles. The van der Waals surface area contributed by atoms with Crippen molar-refractivity contribution in [1.82, 2.24) is 5.32 Å². The molecule has 0 spiro atoms. The van der Waals surface area contributed by atoms with Crippen LogP contribution in [-0.4, -0.2) is 17.3 Å². The lowest BCUT2D eigenvalue weighted by Gasteiger charge is -2.15. The van der Waals surface area contributed by atoms with Crippen LogP contribution in [-0.2, 0) is 0 Å². The molecule has 0 aliphatic heterocycles. The third-order valence-electron chi connectivity index (χ3n) is 2.15. The summed E-state index contributed by atoms with van der Waals surface area (Å²) in [6.07, 6.45) is 0. The van der Waals surface area contributed by atoms with Crippen LogP contribution in [0.4, 0.5) is 0 Å². The number of hydrogen-bond acceptors (Lipinski definition) is 1. The number of hydrogen-bond donors (Lipinski definition) is 1. The number of halogens is 2. The van der Waals surface area contributed by atoms with Gasteiger partial charge < -0.3 is 5.32 Å². The largest absolute Gasteiger partial charge is 0.348 e. The van der Waals surface area contributed by atoms with E-state index in [1.807, 2.05) is 38.1 Å². The lowest BCUT2D eigenvalue weighted by molar-refractivity contribution is 0.0940. The van der Waals surface area contributed by atoms with Crippen LogP contribution in [0.15, 0.2) is 24.3 Å². The van der Waals surface area contributed by atoms with E-state index >= 15 is 0 Å². The van der Waals surface area contributed by atoms with Gasteiger partial charge in [-0.25, -0.2) is 0 Å². The Balaban J connectivity index is 2.65. The molecule has 2 nitrogen and oxygen atoms in total. The number of amides is 1. The monoisotopic (exact) mass is 337 g/mol. The standard InChI is InChI=1S/C11H13ClINO/c1-7(12)8(2)14-11(15)9-3-5-10(13)6-4-9/h3-8H,1-2H3,(H,14,15). The van der Waals surface area contributed by atoms with Gasteiger partial charge in [-0.2, -0.15) is 0 Å². The van der Waals surface area contributed by atoms with Crippen molar-refractivity contribution in [3.63, 3.8) is 0 Å². The van der Waals surface area contributed by atoms with E-state index in [4.69, 9.17) is 11.6 Å². The van der Waals surface area contributed by atoms with Crippen LogP contribution in [0.1, 0.15) is 24.2 Å². The molecule has 1 aromatic carbocycles. The molecule has 1 rings (SSSR count). The third-order valence-corrected chi connectivity index (χ3v) is 3.25. The summed E-state index contributed by atoms with van der Waals surface area (Å²) in [6.45, 7) is 3.75. The van der Waals surface area contributed by atoms with E-state index in [0.29, 0.717) is 5.56 Å². The summed E-state index contributed by atoms with van der Waals surface area (Å²) in [5, 5.41) is 2.77. The normalized spacial score (nSPS) is 14.4. The van der Waals surface area contributed by atoms with Crippen LogP contribution in [0, 0.1) is 3.57 Å². The topological polar surface area (TPSA) is 29.1 Å². The van der Waals surface area contributed by atoms with E-state index < -0.39 is 0 Å². The molecule has 0 heterocycles. The second-order valence-corrected chi connectivity index (χ2v) is 5.38. The fourth-order valence-corrected chi connectivity index (χ4v) is 1.43. The molecule has 2 atom stereocenters. The molecule has 0 aliphatic rings. The molecule has 0 radical (unpaired) electrons. The molecule has 2 unspecified atom stereocenters. The maximum Gasteiger partial charge on any atom is 0.251 e. The van der Waals surface area contributed by atoms with Crippen molar-refractivity contribution in [3.05, 3.63) is 33.4 Å². The number of rotatable bonds is 3. The highest BCUT2D eigenvalue weighted by atomic mass is 127. The van der Waals surface area contributed by atoms with Crippen LogP contribution in [0.2, 0.25) is 0 Å². The van der Waals surface area contributed by atoms with Gasteiger partial charge >= 0.3 is 0 Å². The Hall–Kier alpha value is -0.290. The number of nitrogens with one attached hydrogen (secondary N) is 1. The molecule has 1 aromatic rings. The second kappa shape index (κ2) is 5.70. The van der Waals surface area contributed by atoms with Crippen molar-refractivity contribution in [2.75, 3.05) is 0 Å². The average molecular weight is 338 g/mol. The lowest BCUT2D eigenvalue weighted by atomic mass is 10.2. The maximum atomic E-state index is 11.7. The Bertz CT molecular complexity index is 337. The first kappa shape index (κ1) is 12.8. The highest BCUT2D eigenvalue weighted by molar-refractivity contribution is 14.1. The van der Waals surface area contributed by atoms with Gasteiger partial charge in [0.1, 0.15) is 0 Å². The minimum Gasteiger partial charge on any atom is -0.348 e. The van der Waals surface area contributed by atoms with E-state index in [-0.39, 0.29) is 17.3 Å². The van der Waals surface area contributed by atoms with Crippen LogP contribution >= 0.6 is 34.2 Å². The second-order valence-electron chi connectivity index (χ2n) is 3.45. The highest BCUT2D eigenvalue weighted by Crippen LogP contribution is 2.08. The van der Waals surface area contributed by atoms with Gasteiger partial charge in [0, 0.05) is 15.2 Å². The third kappa shape index (κ3) is 3.99. The Morgan fingerprint density at radius 1 is 1.33 bits per heavy atom. The van der Waals surface area contributed by atoms with Gasteiger partial charge in [0.25, 0.3) is 5.91 Å². The molecule has 1 amide bonds. The molecule has 0 bridgehead atoms. The zero-order valence-electron chi connectivity index (χ0n) is 8.63. The Morgan fingerprint density at radius 3 is 2.33 bits per heavy atom. The Kier molecular flexibility index (Phi) is 4.86. The fourth-order valence-electron chi connectivity index (χ4n) is 1.01. The summed E-state index contributed by atoms with van der Waals surface area (Å²) >= 11 is 8.07. The Morgan fingerprint density at radius 2 is 1.87 bits per heavy atom. The van der Waals surface area contributed by atoms with Crippen LogP contribution < -0.4 is 5.32 Å². The van der Waals surface area contributed by atoms with Crippen molar-refractivity contribution in [3.8, 4) is 0 Å². The molecule has 1 N–H and O–H groups in total. The SMILES string of the molecule is CC(Cl)C(C)NC(=O)c1ccc(I)cc1. The predicted octanol–water partition coefficient (Wildman–Crippen LogP) is 3.04. The molecule has 82 valence electrons. The molecule has 15 heavy (non-hydrogen) atoms. The van der Waals surface area contributed by atoms with Crippen molar-refractivity contribution in [1.29, 1.82) is 0 Å². The first-order valence-corrected chi connectivity index (χ1v) is 6.22. The molecule has 0 saturated carbocycles. The average Bonchev–Trinajstić information content (AvgIpc) is 2.18. The molecule has 0 aliphatic carbocycles. The molecule has 0 aromatic heterocycles. The summed E-state index contributed by atoms with van der Waals surface area (Å²) < 4.78 is 1.11. The maximum absolute atomic E-state index is 11.7. The van der Waals surface area contributed by atoms with Crippen LogP contribution in [0.3, 0.4) is 0 Å². The van der Waals surface area contributed by atoms with Crippen LogP contribution in [0.5, 0.6) is 0 Å². The number of benzene rings is 1. The van der Waals surface area contributed by atoms with Gasteiger partial charge in [-0.3, -0.25) is 4.79 Å². The minimum absolute atomic E-state index is 0.0292. The molecular formula is C11H13ClINO. The molecule has 4 heteroatoms. The van der Waals surface area contributed by atoms with Crippen molar-refractivity contribution >= 4 is 40.1 Å². The predicted molar refractivity (Wildman–Crippen MR) is 71.4 cm³/mol. The van der Waals surface area contributed by atoms with Gasteiger partial charge in [0.2, 0.25) is 0 Å². The summed E-state index contributed by atoms with van der Waals surface area (Å²) in [5.74, 6) is -0.0774. The van der Waals surface area contributed by atoms with E-state index in [1.165, 1.54) is 0 Å². The Labute approximate surface area is 109 Å². The number of carbonyl (C=O) groups is 1. The van der Waals surface area contributed by atoms with Gasteiger partial charge in [0.15, 0.2) is 0 Å².